The van der Waals surface area contributed by atoms with Crippen LogP contribution in [-0.4, -0.2) is 35.2 Å². The van der Waals surface area contributed by atoms with Crippen LogP contribution in [0.4, 0.5) is 0 Å². The van der Waals surface area contributed by atoms with Crippen molar-refractivity contribution >= 4 is 0 Å². The number of nitrogens with zero attached hydrogens (tertiary/aromatic N) is 3. The molecule has 2 aromatic carbocycles. The van der Waals surface area contributed by atoms with Gasteiger partial charge in [-0.15, -0.1) is 0 Å². The van der Waals surface area contributed by atoms with Crippen LogP contribution >= 0.6 is 0 Å². The molecule has 5 heteroatoms. The number of rotatable bonds is 5. The predicted molar refractivity (Wildman–Crippen MR) is 105 cm³/mol. The minimum absolute atomic E-state index is 0.349. The first-order chi connectivity index (χ1) is 13.2. The van der Waals surface area contributed by atoms with Crippen LogP contribution in [0.25, 0.3) is 11.4 Å². The number of likely N-dealkylation sites (tertiary alicyclic amines) is 1. The zero-order valence-electron chi connectivity index (χ0n) is 15.9. The Bertz CT molecular complexity index is 881. The van der Waals surface area contributed by atoms with E-state index in [9.17, 15) is 0 Å². The van der Waals surface area contributed by atoms with Crippen LogP contribution in [0.15, 0.2) is 53.1 Å². The molecule has 140 valence electrons. The van der Waals surface area contributed by atoms with Crippen LogP contribution in [0.5, 0.6) is 5.75 Å². The first-order valence-electron chi connectivity index (χ1n) is 9.48. The zero-order chi connectivity index (χ0) is 18.6. The smallest absolute Gasteiger partial charge is 0.230 e. The molecule has 0 bridgehead atoms. The second kappa shape index (κ2) is 7.92. The maximum atomic E-state index is 5.60. The maximum absolute atomic E-state index is 5.60. The molecule has 4 rings (SSSR count). The molecule has 0 unspecified atom stereocenters. The fourth-order valence-corrected chi connectivity index (χ4v) is 3.66. The van der Waals surface area contributed by atoms with E-state index in [2.05, 4.69) is 40.2 Å². The molecule has 1 aliphatic rings. The van der Waals surface area contributed by atoms with E-state index >= 15 is 0 Å². The summed E-state index contributed by atoms with van der Waals surface area (Å²) >= 11 is 0. The van der Waals surface area contributed by atoms with E-state index in [-0.39, 0.29) is 0 Å². The quantitative estimate of drug-likeness (QED) is 0.671. The first kappa shape index (κ1) is 17.7. The molecule has 27 heavy (non-hydrogen) atoms. The van der Waals surface area contributed by atoms with Gasteiger partial charge in [0.1, 0.15) is 5.75 Å². The van der Waals surface area contributed by atoms with Crippen LogP contribution in [0.1, 0.15) is 35.8 Å². The number of benzene rings is 2. The lowest BCUT2D eigenvalue weighted by Crippen LogP contribution is -2.32. The summed E-state index contributed by atoms with van der Waals surface area (Å²) in [6.45, 7) is 5.12. The van der Waals surface area contributed by atoms with E-state index in [1.165, 1.54) is 11.1 Å². The molecule has 3 aromatic rings. The van der Waals surface area contributed by atoms with Crippen molar-refractivity contribution in [1.82, 2.24) is 15.0 Å². The topological polar surface area (TPSA) is 51.4 Å². The lowest BCUT2D eigenvalue weighted by atomic mass is 9.96. The summed E-state index contributed by atoms with van der Waals surface area (Å²) in [4.78, 5) is 7.17. The van der Waals surface area contributed by atoms with Crippen LogP contribution in [0.3, 0.4) is 0 Å². The molecule has 1 fully saturated rings. The number of hydrogen-bond acceptors (Lipinski definition) is 5. The number of ether oxygens (including phenoxy) is 1. The standard InChI is InChI=1S/C22H25N3O2/c1-16-5-3-4-6-20(16)21-23-22(27-24-21)18-11-13-25(14-12-18)15-17-7-9-19(26-2)10-8-17/h3-10,18H,11-15H2,1-2H3. The van der Waals surface area contributed by atoms with Crippen LogP contribution < -0.4 is 4.74 Å². The van der Waals surface area contributed by atoms with Crippen LogP contribution in [-0.2, 0) is 6.54 Å². The Kier molecular flexibility index (Phi) is 5.21. The van der Waals surface area contributed by atoms with Gasteiger partial charge in [-0.3, -0.25) is 4.90 Å². The van der Waals surface area contributed by atoms with E-state index < -0.39 is 0 Å². The number of aromatic nitrogens is 2. The summed E-state index contributed by atoms with van der Waals surface area (Å²) in [6.07, 6.45) is 2.09. The third-order valence-electron chi connectivity index (χ3n) is 5.33. The van der Waals surface area contributed by atoms with Crippen LogP contribution in [0, 0.1) is 6.92 Å². The van der Waals surface area contributed by atoms with Gasteiger partial charge in [0.15, 0.2) is 0 Å². The Morgan fingerprint density at radius 3 is 2.52 bits per heavy atom. The van der Waals surface area contributed by atoms with Gasteiger partial charge in [0.25, 0.3) is 0 Å². The fourth-order valence-electron chi connectivity index (χ4n) is 3.66. The van der Waals surface area contributed by atoms with Crippen molar-refractivity contribution in [2.75, 3.05) is 20.2 Å². The van der Waals surface area contributed by atoms with Gasteiger partial charge in [-0.25, -0.2) is 0 Å². The lowest BCUT2D eigenvalue weighted by Gasteiger charge is -2.30. The summed E-state index contributed by atoms with van der Waals surface area (Å²) in [7, 11) is 1.70. The van der Waals surface area contributed by atoms with Gasteiger partial charge in [-0.2, -0.15) is 4.98 Å². The van der Waals surface area contributed by atoms with Crippen molar-refractivity contribution in [2.45, 2.75) is 32.2 Å². The highest BCUT2D eigenvalue weighted by molar-refractivity contribution is 5.59. The monoisotopic (exact) mass is 363 g/mol. The van der Waals surface area contributed by atoms with E-state index in [4.69, 9.17) is 9.26 Å². The highest BCUT2D eigenvalue weighted by Crippen LogP contribution is 2.30. The van der Waals surface area contributed by atoms with Crippen molar-refractivity contribution in [2.24, 2.45) is 0 Å². The number of hydrogen-bond donors (Lipinski definition) is 0. The van der Waals surface area contributed by atoms with Crippen molar-refractivity contribution in [3.8, 4) is 17.1 Å². The highest BCUT2D eigenvalue weighted by Gasteiger charge is 2.25. The number of piperidine rings is 1. The summed E-state index contributed by atoms with van der Waals surface area (Å²) in [5.74, 6) is 2.72. The molecular weight excluding hydrogens is 338 g/mol. The molecule has 0 amide bonds. The fraction of sp³-hybridized carbons (Fsp3) is 0.364. The molecule has 0 saturated carbocycles. The second-order valence-corrected chi connectivity index (χ2v) is 7.17. The van der Waals surface area contributed by atoms with Gasteiger partial charge in [0, 0.05) is 18.0 Å². The Balaban J connectivity index is 1.36. The Labute approximate surface area is 160 Å². The Morgan fingerprint density at radius 2 is 1.81 bits per heavy atom. The van der Waals surface area contributed by atoms with Gasteiger partial charge in [0.05, 0.1) is 7.11 Å². The van der Waals surface area contributed by atoms with Crippen molar-refractivity contribution < 1.29 is 9.26 Å². The zero-order valence-corrected chi connectivity index (χ0v) is 15.9. The molecule has 5 nitrogen and oxygen atoms in total. The minimum atomic E-state index is 0.349. The number of aryl methyl sites for hydroxylation is 1. The molecule has 0 spiro atoms. The van der Waals surface area contributed by atoms with Crippen LogP contribution in [0.2, 0.25) is 0 Å². The van der Waals surface area contributed by atoms with Crippen molar-refractivity contribution in [3.63, 3.8) is 0 Å². The van der Waals surface area contributed by atoms with E-state index in [0.29, 0.717) is 11.7 Å². The average Bonchev–Trinajstić information content (AvgIpc) is 3.19. The summed E-state index contributed by atoms with van der Waals surface area (Å²) in [5, 5.41) is 4.21. The molecule has 0 N–H and O–H groups in total. The largest absolute Gasteiger partial charge is 0.497 e. The van der Waals surface area contributed by atoms with Crippen molar-refractivity contribution in [1.29, 1.82) is 0 Å². The summed E-state index contributed by atoms with van der Waals surface area (Å²) < 4.78 is 10.8. The molecule has 1 saturated heterocycles. The number of methoxy groups -OCH3 is 1. The SMILES string of the molecule is COc1ccc(CN2CCC(c3nc(-c4ccccc4C)no3)CC2)cc1. The predicted octanol–water partition coefficient (Wildman–Crippen LogP) is 4.43. The van der Waals surface area contributed by atoms with E-state index in [1.54, 1.807) is 7.11 Å². The molecule has 1 aromatic heterocycles. The molecule has 0 radical (unpaired) electrons. The van der Waals surface area contributed by atoms with E-state index in [1.807, 2.05) is 30.3 Å². The highest BCUT2D eigenvalue weighted by atomic mass is 16.5. The normalized spacial score (nSPS) is 15.8. The molecule has 2 heterocycles. The minimum Gasteiger partial charge on any atom is -0.497 e. The van der Waals surface area contributed by atoms with E-state index in [0.717, 1.165) is 49.7 Å². The third-order valence-corrected chi connectivity index (χ3v) is 5.33. The summed E-state index contributed by atoms with van der Waals surface area (Å²) in [5.41, 5.74) is 3.53. The van der Waals surface area contributed by atoms with Gasteiger partial charge >= 0.3 is 0 Å². The Morgan fingerprint density at radius 1 is 1.07 bits per heavy atom. The first-order valence-corrected chi connectivity index (χ1v) is 9.48. The molecule has 0 atom stereocenters. The maximum Gasteiger partial charge on any atom is 0.230 e. The summed E-state index contributed by atoms with van der Waals surface area (Å²) in [6, 6.07) is 16.5. The van der Waals surface area contributed by atoms with Gasteiger partial charge in [-0.1, -0.05) is 41.6 Å². The average molecular weight is 363 g/mol. The Hall–Kier alpha value is -2.66. The molecule has 0 aliphatic carbocycles. The molecular formula is C22H25N3O2. The molecule has 1 aliphatic heterocycles. The van der Waals surface area contributed by atoms with Gasteiger partial charge in [-0.05, 0) is 56.1 Å². The second-order valence-electron chi connectivity index (χ2n) is 7.17. The van der Waals surface area contributed by atoms with Crippen molar-refractivity contribution in [3.05, 3.63) is 65.5 Å². The van der Waals surface area contributed by atoms with Gasteiger partial charge in [0.2, 0.25) is 11.7 Å². The lowest BCUT2D eigenvalue weighted by molar-refractivity contribution is 0.187. The third kappa shape index (κ3) is 4.03. The van der Waals surface area contributed by atoms with Gasteiger partial charge < -0.3 is 9.26 Å².